The average molecular weight is 483 g/mol. The van der Waals surface area contributed by atoms with Crippen LogP contribution in [0.2, 0.25) is 0 Å². The number of benzene rings is 2. The number of nitriles is 1. The molecule has 0 aromatic heterocycles. The standard InChI is InChI=1S/C24H25N3O8/c1-4-26(5-2)23(29)18(15-25)11-17-13-20(27(31)32)22(28)21(14-17)35-24(30)34-10-9-16-7-6-8-19(12-16)33-3/h6-8,11-14,28H,4-5,9-10H2,1-3H3/b18-11+. The minimum atomic E-state index is -1.20. The first-order valence-electron chi connectivity index (χ1n) is 10.6. The van der Waals surface area contributed by atoms with E-state index in [4.69, 9.17) is 14.2 Å². The fourth-order valence-electron chi connectivity index (χ4n) is 3.10. The summed E-state index contributed by atoms with van der Waals surface area (Å²) in [7, 11) is 1.53. The van der Waals surface area contributed by atoms with Gasteiger partial charge in [0.15, 0.2) is 5.75 Å². The van der Waals surface area contributed by atoms with Gasteiger partial charge in [-0.05, 0) is 49.2 Å². The van der Waals surface area contributed by atoms with E-state index in [-0.39, 0.29) is 17.7 Å². The highest BCUT2D eigenvalue weighted by atomic mass is 16.7. The number of phenols is 1. The van der Waals surface area contributed by atoms with Gasteiger partial charge in [0.05, 0.1) is 18.6 Å². The molecule has 2 rings (SSSR count). The Bertz CT molecular complexity index is 1170. The van der Waals surface area contributed by atoms with Crippen molar-refractivity contribution in [3.05, 3.63) is 63.2 Å². The molecule has 0 atom stereocenters. The number of rotatable bonds is 10. The highest BCUT2D eigenvalue weighted by Crippen LogP contribution is 2.38. The molecule has 2 aromatic carbocycles. The molecule has 35 heavy (non-hydrogen) atoms. The number of methoxy groups -OCH3 is 1. The summed E-state index contributed by atoms with van der Waals surface area (Å²) in [5, 5.41) is 31.0. The maximum Gasteiger partial charge on any atom is 0.513 e. The molecule has 0 radical (unpaired) electrons. The van der Waals surface area contributed by atoms with E-state index >= 15 is 0 Å². The predicted octanol–water partition coefficient (Wildman–Crippen LogP) is 3.84. The fraction of sp³-hybridized carbons (Fsp3) is 0.292. The molecule has 184 valence electrons. The largest absolute Gasteiger partial charge is 0.513 e. The molecule has 0 bridgehead atoms. The van der Waals surface area contributed by atoms with E-state index in [0.717, 1.165) is 23.8 Å². The number of ether oxygens (including phenoxy) is 3. The van der Waals surface area contributed by atoms with Crippen LogP contribution in [0.3, 0.4) is 0 Å². The van der Waals surface area contributed by atoms with Crippen LogP contribution in [0.1, 0.15) is 25.0 Å². The highest BCUT2D eigenvalue weighted by molar-refractivity contribution is 6.01. The Morgan fingerprint density at radius 2 is 1.94 bits per heavy atom. The van der Waals surface area contributed by atoms with Crippen molar-refractivity contribution >= 4 is 23.8 Å². The average Bonchev–Trinajstić information content (AvgIpc) is 2.84. The Hall–Kier alpha value is -4.59. The predicted molar refractivity (Wildman–Crippen MR) is 125 cm³/mol. The smallest absolute Gasteiger partial charge is 0.499 e. The molecule has 1 N–H and O–H groups in total. The first-order chi connectivity index (χ1) is 16.7. The van der Waals surface area contributed by atoms with E-state index < -0.39 is 34.2 Å². The second kappa shape index (κ2) is 12.6. The van der Waals surface area contributed by atoms with Gasteiger partial charge < -0.3 is 24.2 Å². The molecule has 0 saturated carbocycles. The zero-order valence-corrected chi connectivity index (χ0v) is 19.5. The Labute approximate surface area is 201 Å². The van der Waals surface area contributed by atoms with Crippen molar-refractivity contribution < 1.29 is 33.8 Å². The molecule has 0 saturated heterocycles. The summed E-state index contributed by atoms with van der Waals surface area (Å²) in [6, 6.07) is 11.0. The van der Waals surface area contributed by atoms with Crippen molar-refractivity contribution in [2.24, 2.45) is 0 Å². The van der Waals surface area contributed by atoms with Crippen LogP contribution < -0.4 is 9.47 Å². The summed E-state index contributed by atoms with van der Waals surface area (Å²) in [5.74, 6) is -1.37. The number of aromatic hydroxyl groups is 1. The molecule has 1 amide bonds. The second-order valence-corrected chi connectivity index (χ2v) is 7.09. The SMILES string of the molecule is CCN(CC)C(=O)/C(C#N)=C/c1cc(OC(=O)OCCc2cccc(OC)c2)c(O)c([N+](=O)[O-])c1. The van der Waals surface area contributed by atoms with Crippen molar-refractivity contribution in [3.63, 3.8) is 0 Å². The van der Waals surface area contributed by atoms with Crippen LogP contribution in [0.25, 0.3) is 6.08 Å². The number of nitro groups is 1. The van der Waals surface area contributed by atoms with Gasteiger partial charge in [-0.15, -0.1) is 0 Å². The van der Waals surface area contributed by atoms with Crippen LogP contribution in [-0.4, -0.2) is 53.8 Å². The number of hydrogen-bond donors (Lipinski definition) is 1. The van der Waals surface area contributed by atoms with E-state index in [1.807, 2.05) is 6.07 Å². The van der Waals surface area contributed by atoms with Gasteiger partial charge in [-0.25, -0.2) is 4.79 Å². The normalized spacial score (nSPS) is 10.7. The molecule has 0 unspecified atom stereocenters. The lowest BCUT2D eigenvalue weighted by atomic mass is 10.1. The first-order valence-corrected chi connectivity index (χ1v) is 10.6. The summed E-state index contributed by atoms with van der Waals surface area (Å²) in [6.07, 6.45) is 0.271. The van der Waals surface area contributed by atoms with Gasteiger partial charge >= 0.3 is 11.8 Å². The lowest BCUT2D eigenvalue weighted by Gasteiger charge is -2.17. The van der Waals surface area contributed by atoms with E-state index in [9.17, 15) is 30.1 Å². The van der Waals surface area contributed by atoms with Gasteiger partial charge in [-0.1, -0.05) is 12.1 Å². The molecule has 11 nitrogen and oxygen atoms in total. The van der Waals surface area contributed by atoms with Crippen molar-refractivity contribution in [2.75, 3.05) is 26.8 Å². The molecule has 0 aliphatic carbocycles. The summed E-state index contributed by atoms with van der Waals surface area (Å²) in [6.45, 7) is 4.15. The molecule has 0 aliphatic rings. The van der Waals surface area contributed by atoms with Crippen LogP contribution in [0.15, 0.2) is 42.0 Å². The summed E-state index contributed by atoms with van der Waals surface area (Å²) >= 11 is 0. The van der Waals surface area contributed by atoms with E-state index in [1.165, 1.54) is 12.0 Å². The quantitative estimate of drug-likeness (QED) is 0.133. The molecular formula is C24H25N3O8. The Morgan fingerprint density at radius 1 is 1.23 bits per heavy atom. The van der Waals surface area contributed by atoms with Crippen LogP contribution in [0, 0.1) is 21.4 Å². The van der Waals surface area contributed by atoms with Crippen LogP contribution in [0.4, 0.5) is 10.5 Å². The maximum atomic E-state index is 12.5. The van der Waals surface area contributed by atoms with E-state index in [1.54, 1.807) is 38.1 Å². The maximum absolute atomic E-state index is 12.5. The fourth-order valence-corrected chi connectivity index (χ4v) is 3.10. The van der Waals surface area contributed by atoms with Crippen LogP contribution >= 0.6 is 0 Å². The lowest BCUT2D eigenvalue weighted by Crippen LogP contribution is -2.31. The van der Waals surface area contributed by atoms with E-state index in [0.29, 0.717) is 25.3 Å². The number of phenolic OH excluding ortho intramolecular Hbond substituents is 1. The van der Waals surface area contributed by atoms with Gasteiger partial charge in [0.25, 0.3) is 5.91 Å². The monoisotopic (exact) mass is 483 g/mol. The number of likely N-dealkylation sites (N-methyl/N-ethyl adjacent to an activating group) is 1. The van der Waals surface area contributed by atoms with Gasteiger partial charge in [0.2, 0.25) is 5.75 Å². The third kappa shape index (κ3) is 7.20. The molecular weight excluding hydrogens is 458 g/mol. The van der Waals surface area contributed by atoms with Crippen molar-refractivity contribution in [1.29, 1.82) is 5.26 Å². The van der Waals surface area contributed by atoms with E-state index in [2.05, 4.69) is 0 Å². The minimum Gasteiger partial charge on any atom is -0.499 e. The summed E-state index contributed by atoms with van der Waals surface area (Å²) in [5.41, 5.74) is -0.207. The third-order valence-corrected chi connectivity index (χ3v) is 4.92. The zero-order chi connectivity index (χ0) is 26.0. The number of amides is 1. The number of nitrogens with zero attached hydrogens (tertiary/aromatic N) is 3. The van der Waals surface area contributed by atoms with Crippen molar-refractivity contribution in [2.45, 2.75) is 20.3 Å². The van der Waals surface area contributed by atoms with Gasteiger partial charge in [-0.3, -0.25) is 14.9 Å². The Kier molecular flexibility index (Phi) is 9.60. The van der Waals surface area contributed by atoms with Crippen molar-refractivity contribution in [3.8, 4) is 23.3 Å². The van der Waals surface area contributed by atoms with Gasteiger partial charge in [0, 0.05) is 25.6 Å². The number of hydrogen-bond acceptors (Lipinski definition) is 9. The number of nitro benzene ring substituents is 1. The first kappa shape index (κ1) is 26.7. The minimum absolute atomic E-state index is 0.00531. The Balaban J connectivity index is 2.23. The van der Waals surface area contributed by atoms with Crippen LogP contribution in [-0.2, 0) is 16.0 Å². The molecule has 0 aliphatic heterocycles. The van der Waals surface area contributed by atoms with Crippen molar-refractivity contribution in [1.82, 2.24) is 4.90 Å². The number of carbonyl (C=O) groups excluding carboxylic acids is 2. The lowest BCUT2D eigenvalue weighted by molar-refractivity contribution is -0.385. The Morgan fingerprint density at radius 3 is 2.54 bits per heavy atom. The number of carbonyl (C=O) groups is 2. The summed E-state index contributed by atoms with van der Waals surface area (Å²) in [4.78, 5) is 36.6. The highest BCUT2D eigenvalue weighted by Gasteiger charge is 2.23. The molecule has 0 spiro atoms. The second-order valence-electron chi connectivity index (χ2n) is 7.09. The topological polar surface area (TPSA) is 152 Å². The zero-order valence-electron chi connectivity index (χ0n) is 19.5. The van der Waals surface area contributed by atoms with Crippen LogP contribution in [0.5, 0.6) is 17.2 Å². The molecule has 11 heteroatoms. The molecule has 0 heterocycles. The summed E-state index contributed by atoms with van der Waals surface area (Å²) < 4.78 is 15.1. The molecule has 2 aromatic rings. The third-order valence-electron chi connectivity index (χ3n) is 4.92. The van der Waals surface area contributed by atoms with Gasteiger partial charge in [0.1, 0.15) is 17.4 Å². The van der Waals surface area contributed by atoms with Gasteiger partial charge in [-0.2, -0.15) is 5.26 Å². The molecule has 0 fully saturated rings.